The molecule has 0 N–H and O–H groups in total. The van der Waals surface area contributed by atoms with Crippen LogP contribution in [0.1, 0.15) is 41.4 Å². The van der Waals surface area contributed by atoms with Crippen LogP contribution < -0.4 is 4.74 Å². The molecule has 1 atom stereocenters. The van der Waals surface area contributed by atoms with E-state index >= 15 is 0 Å². The summed E-state index contributed by atoms with van der Waals surface area (Å²) in [5.74, 6) is 2.13. The zero-order chi connectivity index (χ0) is 22.0. The Morgan fingerprint density at radius 1 is 1.13 bits per heavy atom. The number of nitrogens with zero attached hydrogens (tertiary/aromatic N) is 4. The number of carbonyl (C=O) groups is 1. The molecule has 1 saturated heterocycles. The highest BCUT2D eigenvalue weighted by atomic mass is 32.2. The maximum atomic E-state index is 13.1. The topological polar surface area (TPSA) is 60.2 Å². The SMILES string of the molecule is COc1ccc(C2CCCN2C(=O)CSc2nnc(C)n2-c2cc(C)ccc2C)cc1. The molecular formula is C24H28N4O2S. The van der Waals surface area contributed by atoms with Crippen LogP contribution in [0.4, 0.5) is 0 Å². The van der Waals surface area contributed by atoms with Crippen LogP contribution >= 0.6 is 11.8 Å². The van der Waals surface area contributed by atoms with Gasteiger partial charge in [0, 0.05) is 6.54 Å². The first-order chi connectivity index (χ1) is 15.0. The van der Waals surface area contributed by atoms with E-state index in [1.54, 1.807) is 7.11 Å². The van der Waals surface area contributed by atoms with Crippen molar-refractivity contribution in [3.05, 3.63) is 65.0 Å². The average molecular weight is 437 g/mol. The number of likely N-dealkylation sites (tertiary alicyclic amines) is 1. The number of benzene rings is 2. The first-order valence-electron chi connectivity index (χ1n) is 10.5. The zero-order valence-corrected chi connectivity index (χ0v) is 19.3. The molecule has 0 spiro atoms. The highest BCUT2D eigenvalue weighted by Crippen LogP contribution is 2.34. The average Bonchev–Trinajstić information content (AvgIpc) is 3.41. The summed E-state index contributed by atoms with van der Waals surface area (Å²) in [7, 11) is 1.66. The molecule has 7 heteroatoms. The number of aryl methyl sites for hydroxylation is 3. The Labute approximate surface area is 187 Å². The van der Waals surface area contributed by atoms with Crippen molar-refractivity contribution in [2.45, 2.75) is 44.8 Å². The Kier molecular flexibility index (Phi) is 6.32. The van der Waals surface area contributed by atoms with Gasteiger partial charge >= 0.3 is 0 Å². The smallest absolute Gasteiger partial charge is 0.233 e. The molecule has 1 aliphatic heterocycles. The number of thioether (sulfide) groups is 1. The summed E-state index contributed by atoms with van der Waals surface area (Å²) in [6.07, 6.45) is 2.01. The van der Waals surface area contributed by atoms with Crippen molar-refractivity contribution in [2.24, 2.45) is 0 Å². The number of methoxy groups -OCH3 is 1. The van der Waals surface area contributed by atoms with Gasteiger partial charge in [-0.05, 0) is 68.5 Å². The molecule has 0 bridgehead atoms. The van der Waals surface area contributed by atoms with Crippen LogP contribution in [0.15, 0.2) is 47.6 Å². The fourth-order valence-corrected chi connectivity index (χ4v) is 5.00. The molecule has 1 fully saturated rings. The van der Waals surface area contributed by atoms with E-state index in [4.69, 9.17) is 4.74 Å². The molecule has 0 saturated carbocycles. The molecule has 6 nitrogen and oxygen atoms in total. The lowest BCUT2D eigenvalue weighted by Gasteiger charge is -2.25. The van der Waals surface area contributed by atoms with Gasteiger partial charge in [0.1, 0.15) is 11.6 Å². The molecule has 0 radical (unpaired) electrons. The van der Waals surface area contributed by atoms with Crippen LogP contribution in [0.3, 0.4) is 0 Å². The second-order valence-electron chi connectivity index (χ2n) is 7.96. The number of rotatable bonds is 6. The second-order valence-corrected chi connectivity index (χ2v) is 8.90. The van der Waals surface area contributed by atoms with Gasteiger partial charge < -0.3 is 9.64 Å². The Morgan fingerprint density at radius 3 is 2.65 bits per heavy atom. The van der Waals surface area contributed by atoms with Crippen molar-refractivity contribution < 1.29 is 9.53 Å². The molecule has 1 unspecified atom stereocenters. The number of hydrogen-bond donors (Lipinski definition) is 0. The molecule has 3 aromatic rings. The van der Waals surface area contributed by atoms with E-state index in [2.05, 4.69) is 54.4 Å². The number of aromatic nitrogens is 3. The van der Waals surface area contributed by atoms with Crippen LogP contribution in [-0.2, 0) is 4.79 Å². The summed E-state index contributed by atoms with van der Waals surface area (Å²) in [6, 6.07) is 14.5. The third kappa shape index (κ3) is 4.46. The molecule has 2 aromatic carbocycles. The van der Waals surface area contributed by atoms with Crippen molar-refractivity contribution in [3.8, 4) is 11.4 Å². The Bertz CT molecular complexity index is 1080. The lowest BCUT2D eigenvalue weighted by atomic mass is 10.0. The van der Waals surface area contributed by atoms with Gasteiger partial charge in [0.2, 0.25) is 5.91 Å². The van der Waals surface area contributed by atoms with Crippen molar-refractivity contribution in [3.63, 3.8) is 0 Å². The lowest BCUT2D eigenvalue weighted by molar-refractivity contribution is -0.129. The van der Waals surface area contributed by atoms with Crippen LogP contribution in [0.2, 0.25) is 0 Å². The minimum Gasteiger partial charge on any atom is -0.497 e. The third-order valence-corrected chi connectivity index (χ3v) is 6.71. The zero-order valence-electron chi connectivity index (χ0n) is 18.5. The van der Waals surface area contributed by atoms with Crippen LogP contribution in [0.25, 0.3) is 5.69 Å². The highest BCUT2D eigenvalue weighted by Gasteiger charge is 2.30. The summed E-state index contributed by atoms with van der Waals surface area (Å²) in [6.45, 7) is 6.89. The van der Waals surface area contributed by atoms with Crippen molar-refractivity contribution >= 4 is 17.7 Å². The standard InChI is InChI=1S/C24H28N4O2S/c1-16-7-8-17(2)22(14-16)28-18(3)25-26-24(28)31-15-23(29)27-13-5-6-21(27)19-9-11-20(30-4)12-10-19/h7-12,14,21H,5-6,13,15H2,1-4H3. The maximum Gasteiger partial charge on any atom is 0.233 e. The number of carbonyl (C=O) groups excluding carboxylic acids is 1. The van der Waals surface area contributed by atoms with Crippen molar-refractivity contribution in [2.75, 3.05) is 19.4 Å². The Hall–Kier alpha value is -2.80. The third-order valence-electron chi connectivity index (χ3n) is 5.80. The molecule has 31 heavy (non-hydrogen) atoms. The lowest BCUT2D eigenvalue weighted by Crippen LogP contribution is -2.32. The Morgan fingerprint density at radius 2 is 1.90 bits per heavy atom. The van der Waals surface area contributed by atoms with Gasteiger partial charge in [0.15, 0.2) is 5.16 Å². The number of hydrogen-bond acceptors (Lipinski definition) is 5. The predicted molar refractivity (Wildman–Crippen MR) is 123 cm³/mol. The van der Waals surface area contributed by atoms with Gasteiger partial charge in [-0.3, -0.25) is 9.36 Å². The molecule has 2 heterocycles. The maximum absolute atomic E-state index is 13.1. The minimum atomic E-state index is 0.123. The van der Waals surface area contributed by atoms with Gasteiger partial charge in [-0.15, -0.1) is 10.2 Å². The fourth-order valence-electron chi connectivity index (χ4n) is 4.12. The van der Waals surface area contributed by atoms with E-state index in [1.807, 2.05) is 28.5 Å². The van der Waals surface area contributed by atoms with E-state index in [1.165, 1.54) is 17.3 Å². The number of amides is 1. The monoisotopic (exact) mass is 436 g/mol. The van der Waals surface area contributed by atoms with Crippen LogP contribution in [-0.4, -0.2) is 45.0 Å². The quantitative estimate of drug-likeness (QED) is 0.526. The van der Waals surface area contributed by atoms with Gasteiger partial charge in [-0.2, -0.15) is 0 Å². The van der Waals surface area contributed by atoms with Gasteiger partial charge in [-0.25, -0.2) is 0 Å². The normalized spacial score (nSPS) is 16.0. The fraction of sp³-hybridized carbons (Fsp3) is 0.375. The molecule has 0 aliphatic carbocycles. The summed E-state index contributed by atoms with van der Waals surface area (Å²) in [5.41, 5.74) is 4.56. The van der Waals surface area contributed by atoms with Gasteiger partial charge in [0.05, 0.1) is 24.6 Å². The van der Waals surface area contributed by atoms with Crippen molar-refractivity contribution in [1.82, 2.24) is 19.7 Å². The van der Waals surface area contributed by atoms with Crippen LogP contribution in [0, 0.1) is 20.8 Å². The van der Waals surface area contributed by atoms with E-state index in [9.17, 15) is 4.79 Å². The van der Waals surface area contributed by atoms with Gasteiger partial charge in [0.25, 0.3) is 0 Å². The summed E-state index contributed by atoms with van der Waals surface area (Å²) < 4.78 is 7.31. The van der Waals surface area contributed by atoms with E-state index in [0.29, 0.717) is 5.75 Å². The highest BCUT2D eigenvalue weighted by molar-refractivity contribution is 7.99. The van der Waals surface area contributed by atoms with E-state index in [-0.39, 0.29) is 11.9 Å². The van der Waals surface area contributed by atoms with E-state index in [0.717, 1.165) is 52.9 Å². The second kappa shape index (κ2) is 9.14. The Balaban J connectivity index is 1.49. The molecule has 1 aromatic heterocycles. The minimum absolute atomic E-state index is 0.123. The molecule has 1 aliphatic rings. The van der Waals surface area contributed by atoms with Crippen molar-refractivity contribution in [1.29, 1.82) is 0 Å². The molecule has 4 rings (SSSR count). The molecule has 162 valence electrons. The van der Waals surface area contributed by atoms with Crippen LogP contribution in [0.5, 0.6) is 5.75 Å². The summed E-state index contributed by atoms with van der Waals surface area (Å²) in [5, 5.41) is 9.37. The first-order valence-corrected chi connectivity index (χ1v) is 11.5. The molecule has 1 amide bonds. The molecular weight excluding hydrogens is 408 g/mol. The van der Waals surface area contributed by atoms with Gasteiger partial charge in [-0.1, -0.05) is 36.0 Å². The van der Waals surface area contributed by atoms with E-state index < -0.39 is 0 Å². The summed E-state index contributed by atoms with van der Waals surface area (Å²) >= 11 is 1.45. The predicted octanol–water partition coefficient (Wildman–Crippen LogP) is 4.66. The largest absolute Gasteiger partial charge is 0.497 e. The summed E-state index contributed by atoms with van der Waals surface area (Å²) in [4.78, 5) is 15.1. The first kappa shape index (κ1) is 21.4. The number of ether oxygens (including phenoxy) is 1.